The van der Waals surface area contributed by atoms with Gasteiger partial charge in [0.1, 0.15) is 11.8 Å². The molecule has 1 aliphatic heterocycles. The number of nitrogens with two attached hydrogens (primary N) is 1. The summed E-state index contributed by atoms with van der Waals surface area (Å²) in [5, 5.41) is 10.5. The summed E-state index contributed by atoms with van der Waals surface area (Å²) in [4.78, 5) is 26.8. The molecule has 3 N–H and O–H groups in total. The van der Waals surface area contributed by atoms with E-state index in [4.69, 9.17) is 15.7 Å². The number of amides is 2. The maximum atomic E-state index is 13.1. The molecular formula is C25H24N4O5S. The van der Waals surface area contributed by atoms with Crippen LogP contribution in [0.15, 0.2) is 65.6 Å². The smallest absolute Gasteiger partial charge is 0.241 e. The number of nitriles is 1. The zero-order chi connectivity index (χ0) is 25.2. The molecule has 3 aromatic rings. The summed E-state index contributed by atoms with van der Waals surface area (Å²) in [6.07, 6.45) is 0.266. The highest BCUT2D eigenvalue weighted by Crippen LogP contribution is 2.27. The van der Waals surface area contributed by atoms with Crippen molar-refractivity contribution in [1.82, 2.24) is 9.62 Å². The van der Waals surface area contributed by atoms with Crippen LogP contribution in [-0.2, 0) is 26.2 Å². The van der Waals surface area contributed by atoms with E-state index in [-0.39, 0.29) is 23.8 Å². The summed E-state index contributed by atoms with van der Waals surface area (Å²) in [7, 11) is -2.64. The van der Waals surface area contributed by atoms with Gasteiger partial charge in [-0.1, -0.05) is 24.3 Å². The van der Waals surface area contributed by atoms with Crippen LogP contribution in [0.5, 0.6) is 5.75 Å². The number of carbonyl (C=O) groups excluding carboxylic acids is 2. The van der Waals surface area contributed by atoms with Crippen LogP contribution < -0.4 is 15.2 Å². The van der Waals surface area contributed by atoms with Crippen molar-refractivity contribution >= 4 is 32.6 Å². The predicted molar refractivity (Wildman–Crippen MR) is 128 cm³/mol. The van der Waals surface area contributed by atoms with E-state index in [9.17, 15) is 18.0 Å². The lowest BCUT2D eigenvalue weighted by Crippen LogP contribution is -2.51. The van der Waals surface area contributed by atoms with E-state index in [2.05, 4.69) is 10.8 Å². The molecule has 1 fully saturated rings. The second-order valence-corrected chi connectivity index (χ2v) is 10.1. The number of benzene rings is 3. The molecule has 4 rings (SSSR count). The molecule has 1 saturated heterocycles. The highest BCUT2D eigenvalue weighted by Gasteiger charge is 2.42. The Kier molecular flexibility index (Phi) is 6.73. The Labute approximate surface area is 203 Å². The maximum Gasteiger partial charge on any atom is 0.241 e. The Morgan fingerprint density at radius 3 is 2.69 bits per heavy atom. The van der Waals surface area contributed by atoms with E-state index < -0.39 is 27.9 Å². The van der Waals surface area contributed by atoms with Gasteiger partial charge < -0.3 is 15.4 Å². The third-order valence-electron chi connectivity index (χ3n) is 6.09. The van der Waals surface area contributed by atoms with Gasteiger partial charge in [0.25, 0.3) is 0 Å². The summed E-state index contributed by atoms with van der Waals surface area (Å²) >= 11 is 0. The monoisotopic (exact) mass is 492 g/mol. The van der Waals surface area contributed by atoms with E-state index >= 15 is 0 Å². The normalized spacial score (nSPS) is 16.7. The van der Waals surface area contributed by atoms with Gasteiger partial charge in [-0.25, -0.2) is 8.42 Å². The molecule has 1 unspecified atom stereocenters. The van der Waals surface area contributed by atoms with Crippen molar-refractivity contribution in [2.45, 2.75) is 23.9 Å². The largest absolute Gasteiger partial charge is 0.497 e. The van der Waals surface area contributed by atoms with Crippen LogP contribution in [0.2, 0.25) is 0 Å². The summed E-state index contributed by atoms with van der Waals surface area (Å²) in [5.74, 6) is -1.65. The lowest BCUT2D eigenvalue weighted by atomic mass is 9.98. The number of hydrogen-bond donors (Lipinski definition) is 2. The van der Waals surface area contributed by atoms with Gasteiger partial charge in [0.2, 0.25) is 21.8 Å². The maximum absolute atomic E-state index is 13.1. The second kappa shape index (κ2) is 9.74. The molecule has 9 nitrogen and oxygen atoms in total. The standard InChI is InChI=1S/C25H24N4O5S/c1-34-20-7-5-18-6-8-21(13-19(18)12-20)35(32,33)28-23(24(27)30)22-9-10-29(25(22)31)15-17-4-2-3-16(11-17)14-26/h2-8,11-13,22-23,28H,9-10,15H2,1H3,(H2,27,30)/t22-,23?/m0/s1. The molecule has 0 aromatic heterocycles. The molecule has 0 aliphatic carbocycles. The molecule has 2 atom stereocenters. The number of hydrogen-bond acceptors (Lipinski definition) is 6. The van der Waals surface area contributed by atoms with Crippen molar-refractivity contribution in [3.05, 3.63) is 71.8 Å². The van der Waals surface area contributed by atoms with Crippen molar-refractivity contribution in [1.29, 1.82) is 5.26 Å². The van der Waals surface area contributed by atoms with Crippen molar-refractivity contribution in [2.24, 2.45) is 11.7 Å². The average Bonchev–Trinajstić information content (AvgIpc) is 3.21. The summed E-state index contributed by atoms with van der Waals surface area (Å²) in [6, 6.07) is 17.4. The number of nitrogens with one attached hydrogen (secondary N) is 1. The first-order chi connectivity index (χ1) is 16.7. The molecule has 0 saturated carbocycles. The molecule has 0 bridgehead atoms. The van der Waals surface area contributed by atoms with E-state index in [0.717, 1.165) is 10.9 Å². The predicted octanol–water partition coefficient (Wildman–Crippen LogP) is 1.90. The fraction of sp³-hybridized carbons (Fsp3) is 0.240. The van der Waals surface area contributed by atoms with Gasteiger partial charge >= 0.3 is 0 Å². The first kappa shape index (κ1) is 24.2. The SMILES string of the molecule is COc1ccc2ccc(S(=O)(=O)NC(C(N)=O)[C@@H]3CCN(Cc4cccc(C#N)c4)C3=O)cc2c1. The number of sulfonamides is 1. The fourth-order valence-electron chi connectivity index (χ4n) is 4.26. The molecule has 1 aliphatic rings. The van der Waals surface area contributed by atoms with Gasteiger partial charge in [0.15, 0.2) is 0 Å². The quantitative estimate of drug-likeness (QED) is 0.492. The highest BCUT2D eigenvalue weighted by molar-refractivity contribution is 7.89. The van der Waals surface area contributed by atoms with Gasteiger partial charge in [-0.05, 0) is 59.2 Å². The fourth-order valence-corrected chi connectivity index (χ4v) is 5.54. The Morgan fingerprint density at radius 2 is 1.97 bits per heavy atom. The number of carbonyl (C=O) groups is 2. The first-order valence-corrected chi connectivity index (χ1v) is 12.4. The Hall–Kier alpha value is -3.94. The van der Waals surface area contributed by atoms with Crippen LogP contribution in [0.3, 0.4) is 0 Å². The Balaban J connectivity index is 1.55. The zero-order valence-corrected chi connectivity index (χ0v) is 19.8. The van der Waals surface area contributed by atoms with Crippen LogP contribution in [0.25, 0.3) is 10.8 Å². The van der Waals surface area contributed by atoms with Crippen molar-refractivity contribution in [3.63, 3.8) is 0 Å². The first-order valence-electron chi connectivity index (χ1n) is 10.9. The third kappa shape index (κ3) is 5.11. The van der Waals surface area contributed by atoms with Crippen molar-refractivity contribution < 1.29 is 22.7 Å². The number of fused-ring (bicyclic) bond motifs is 1. The van der Waals surface area contributed by atoms with Crippen LogP contribution in [0.1, 0.15) is 17.5 Å². The second-order valence-electron chi connectivity index (χ2n) is 8.34. The minimum Gasteiger partial charge on any atom is -0.497 e. The summed E-state index contributed by atoms with van der Waals surface area (Å²) in [5.41, 5.74) is 6.78. The zero-order valence-electron chi connectivity index (χ0n) is 19.0. The van der Waals surface area contributed by atoms with E-state index in [1.807, 2.05) is 6.07 Å². The van der Waals surface area contributed by atoms with E-state index in [1.54, 1.807) is 42.5 Å². The molecular weight excluding hydrogens is 468 g/mol. The minimum atomic E-state index is -4.16. The molecule has 10 heteroatoms. The molecule has 180 valence electrons. The molecule has 1 heterocycles. The number of primary amides is 1. The summed E-state index contributed by atoms with van der Waals surface area (Å²) in [6.45, 7) is 0.581. The highest BCUT2D eigenvalue weighted by atomic mass is 32.2. The topological polar surface area (TPSA) is 143 Å². The van der Waals surface area contributed by atoms with Crippen molar-refractivity contribution in [3.8, 4) is 11.8 Å². The van der Waals surface area contributed by atoms with Gasteiger partial charge in [-0.15, -0.1) is 0 Å². The molecule has 2 amide bonds. The minimum absolute atomic E-state index is 0.0554. The molecule has 0 spiro atoms. The third-order valence-corrected chi connectivity index (χ3v) is 7.53. The summed E-state index contributed by atoms with van der Waals surface area (Å²) < 4.78 is 33.8. The van der Waals surface area contributed by atoms with E-state index in [0.29, 0.717) is 23.2 Å². The van der Waals surface area contributed by atoms with Gasteiger partial charge in [-0.3, -0.25) is 9.59 Å². The van der Waals surface area contributed by atoms with E-state index in [1.165, 1.54) is 24.1 Å². The molecule has 3 aromatic carbocycles. The number of nitrogens with zero attached hydrogens (tertiary/aromatic N) is 2. The van der Waals surface area contributed by atoms with Crippen LogP contribution in [0, 0.1) is 17.2 Å². The van der Waals surface area contributed by atoms with Gasteiger partial charge in [-0.2, -0.15) is 9.98 Å². The lowest BCUT2D eigenvalue weighted by molar-refractivity contribution is -0.135. The lowest BCUT2D eigenvalue weighted by Gasteiger charge is -2.22. The van der Waals surface area contributed by atoms with Gasteiger partial charge in [0.05, 0.1) is 29.6 Å². The average molecular weight is 493 g/mol. The number of ether oxygens (including phenoxy) is 1. The number of methoxy groups -OCH3 is 1. The molecule has 35 heavy (non-hydrogen) atoms. The van der Waals surface area contributed by atoms with Crippen LogP contribution >= 0.6 is 0 Å². The Morgan fingerprint density at radius 1 is 1.20 bits per heavy atom. The van der Waals surface area contributed by atoms with Gasteiger partial charge in [0, 0.05) is 13.1 Å². The van der Waals surface area contributed by atoms with Crippen LogP contribution in [0.4, 0.5) is 0 Å². The number of rotatable bonds is 8. The Bertz CT molecular complexity index is 1450. The van der Waals surface area contributed by atoms with Crippen molar-refractivity contribution in [2.75, 3.05) is 13.7 Å². The number of likely N-dealkylation sites (tertiary alicyclic amines) is 1. The van der Waals surface area contributed by atoms with Crippen LogP contribution in [-0.4, -0.2) is 44.8 Å². The molecule has 0 radical (unpaired) electrons.